The number of aromatic nitrogens is 3. The van der Waals surface area contributed by atoms with Crippen molar-refractivity contribution < 1.29 is 4.79 Å². The Balaban J connectivity index is 2.27. The summed E-state index contributed by atoms with van der Waals surface area (Å²) in [6.45, 7) is 4.01. The van der Waals surface area contributed by atoms with E-state index in [-0.39, 0.29) is 12.5 Å². The van der Waals surface area contributed by atoms with Crippen LogP contribution in [0.15, 0.2) is 6.20 Å². The van der Waals surface area contributed by atoms with Gasteiger partial charge in [-0.2, -0.15) is 10.4 Å². The number of carbonyl (C=O) groups excluding carboxylic acids is 1. The number of terminal acetylenes is 1. The summed E-state index contributed by atoms with van der Waals surface area (Å²) in [5, 5.41) is 15.8. The number of hydrogen-bond acceptors (Lipinski definition) is 4. The van der Waals surface area contributed by atoms with E-state index in [2.05, 4.69) is 27.4 Å². The third-order valence-electron chi connectivity index (χ3n) is 3.32. The van der Waals surface area contributed by atoms with Crippen LogP contribution in [0.5, 0.6) is 0 Å². The topological polar surface area (TPSA) is 83.1 Å². The fraction of sp³-hybridized carbons (Fsp3) is 0.333. The van der Waals surface area contributed by atoms with Crippen LogP contribution in [0.3, 0.4) is 0 Å². The van der Waals surface area contributed by atoms with Gasteiger partial charge >= 0.3 is 0 Å². The second-order valence-electron chi connectivity index (χ2n) is 4.65. The van der Waals surface area contributed by atoms with E-state index in [0.717, 1.165) is 17.0 Å². The average Bonchev–Trinajstić information content (AvgIpc) is 2.87. The first-order valence-corrected chi connectivity index (χ1v) is 6.52. The largest absolute Gasteiger partial charge is 0.345 e. The number of nitriles is 1. The van der Waals surface area contributed by atoms with E-state index in [1.165, 1.54) is 6.20 Å². The summed E-state index contributed by atoms with van der Waals surface area (Å²) in [4.78, 5) is 16.0. The number of aryl methyl sites for hydroxylation is 2. The first-order valence-electron chi connectivity index (χ1n) is 6.52. The van der Waals surface area contributed by atoms with Gasteiger partial charge in [0.1, 0.15) is 11.6 Å². The maximum absolute atomic E-state index is 11.6. The third-order valence-corrected chi connectivity index (χ3v) is 3.32. The maximum atomic E-state index is 11.6. The number of fused-ring (bicyclic) bond motifs is 1. The summed E-state index contributed by atoms with van der Waals surface area (Å²) in [5.74, 6) is 2.27. The van der Waals surface area contributed by atoms with E-state index in [1.807, 2.05) is 13.8 Å². The van der Waals surface area contributed by atoms with Crippen LogP contribution in [-0.2, 0) is 11.2 Å². The molecule has 0 saturated carbocycles. The van der Waals surface area contributed by atoms with Crippen molar-refractivity contribution in [1.82, 2.24) is 19.9 Å². The van der Waals surface area contributed by atoms with Crippen molar-refractivity contribution in [1.29, 1.82) is 5.26 Å². The Bertz CT molecular complexity index is 776. The van der Waals surface area contributed by atoms with Crippen molar-refractivity contribution in [3.63, 3.8) is 0 Å². The van der Waals surface area contributed by atoms with Crippen molar-refractivity contribution in [3.8, 4) is 18.4 Å². The first kappa shape index (κ1) is 14.5. The van der Waals surface area contributed by atoms with Crippen LogP contribution in [0, 0.1) is 37.5 Å². The Kier molecular flexibility index (Phi) is 4.20. The molecule has 1 amide bonds. The molecule has 0 aliphatic heterocycles. The van der Waals surface area contributed by atoms with E-state index < -0.39 is 0 Å². The minimum atomic E-state index is -0.0926. The van der Waals surface area contributed by atoms with Crippen LogP contribution in [-0.4, -0.2) is 27.0 Å². The molecular formula is C15H15N5O. The zero-order valence-corrected chi connectivity index (χ0v) is 12.0. The number of hydrogen-bond donors (Lipinski definition) is 1. The Hall–Kier alpha value is -2.86. The van der Waals surface area contributed by atoms with Crippen molar-refractivity contribution in [2.45, 2.75) is 26.7 Å². The average molecular weight is 281 g/mol. The molecule has 106 valence electrons. The van der Waals surface area contributed by atoms with Crippen molar-refractivity contribution >= 4 is 11.6 Å². The molecule has 21 heavy (non-hydrogen) atoms. The highest BCUT2D eigenvalue weighted by atomic mass is 16.1. The molecule has 6 nitrogen and oxygen atoms in total. The zero-order valence-electron chi connectivity index (χ0n) is 12.0. The number of carbonyl (C=O) groups is 1. The maximum Gasteiger partial charge on any atom is 0.221 e. The number of amides is 1. The fourth-order valence-corrected chi connectivity index (χ4v) is 2.23. The van der Waals surface area contributed by atoms with E-state index >= 15 is 0 Å². The highest BCUT2D eigenvalue weighted by Crippen LogP contribution is 2.18. The van der Waals surface area contributed by atoms with E-state index in [9.17, 15) is 4.79 Å². The van der Waals surface area contributed by atoms with Gasteiger partial charge in [-0.3, -0.25) is 4.79 Å². The molecule has 6 heteroatoms. The van der Waals surface area contributed by atoms with Gasteiger partial charge in [0.2, 0.25) is 5.91 Å². The predicted molar refractivity (Wildman–Crippen MR) is 77.3 cm³/mol. The molecule has 0 bridgehead atoms. The quantitative estimate of drug-likeness (QED) is 0.844. The summed E-state index contributed by atoms with van der Waals surface area (Å²) in [7, 11) is 0. The number of rotatable bonds is 4. The van der Waals surface area contributed by atoms with Gasteiger partial charge < -0.3 is 5.32 Å². The first-order chi connectivity index (χ1) is 10.1. The second-order valence-corrected chi connectivity index (χ2v) is 4.65. The zero-order chi connectivity index (χ0) is 15.4. The van der Waals surface area contributed by atoms with E-state index in [4.69, 9.17) is 11.7 Å². The van der Waals surface area contributed by atoms with Gasteiger partial charge in [0.25, 0.3) is 0 Å². The summed E-state index contributed by atoms with van der Waals surface area (Å²) in [5.41, 5.74) is 3.66. The summed E-state index contributed by atoms with van der Waals surface area (Å²) < 4.78 is 1.64. The van der Waals surface area contributed by atoms with Crippen LogP contribution in [0.2, 0.25) is 0 Å². The molecule has 0 aliphatic carbocycles. The lowest BCUT2D eigenvalue weighted by Gasteiger charge is -2.10. The van der Waals surface area contributed by atoms with Crippen molar-refractivity contribution in [3.05, 3.63) is 28.7 Å². The molecule has 1 N–H and O–H groups in total. The van der Waals surface area contributed by atoms with E-state index in [0.29, 0.717) is 24.1 Å². The molecule has 0 aliphatic rings. The second kappa shape index (κ2) is 6.06. The molecule has 0 spiro atoms. The van der Waals surface area contributed by atoms with Gasteiger partial charge in [-0.15, -0.1) is 6.42 Å². The summed E-state index contributed by atoms with van der Waals surface area (Å²) in [6.07, 6.45) is 7.49. The Labute approximate surface area is 122 Å². The molecular weight excluding hydrogens is 266 g/mol. The Morgan fingerprint density at radius 2 is 2.29 bits per heavy atom. The van der Waals surface area contributed by atoms with Crippen LogP contribution in [0.4, 0.5) is 0 Å². The monoisotopic (exact) mass is 281 g/mol. The van der Waals surface area contributed by atoms with Crippen molar-refractivity contribution in [2.75, 3.05) is 6.54 Å². The molecule has 0 fully saturated rings. The lowest BCUT2D eigenvalue weighted by Crippen LogP contribution is -2.24. The van der Waals surface area contributed by atoms with Crippen molar-refractivity contribution in [2.24, 2.45) is 0 Å². The molecule has 0 aromatic carbocycles. The van der Waals surface area contributed by atoms with E-state index in [1.54, 1.807) is 4.52 Å². The summed E-state index contributed by atoms with van der Waals surface area (Å²) >= 11 is 0. The highest BCUT2D eigenvalue weighted by Gasteiger charge is 2.14. The summed E-state index contributed by atoms with van der Waals surface area (Å²) in [6, 6.07) is 2.07. The standard InChI is InChI=1S/C15H15N5O/c1-4-7-17-14(21)6-5-13-10(2)19-15-12(8-16)9-18-20(15)11(13)3/h1,9H,5-7H2,2-3H3,(H,17,21). The molecule has 2 aromatic heterocycles. The predicted octanol–water partition coefficient (Wildman–Crippen LogP) is 0.900. The normalized spacial score (nSPS) is 10.1. The fourth-order valence-electron chi connectivity index (χ4n) is 2.23. The molecule has 0 radical (unpaired) electrons. The third kappa shape index (κ3) is 2.85. The minimum Gasteiger partial charge on any atom is -0.345 e. The minimum absolute atomic E-state index is 0.0926. The molecule has 2 heterocycles. The van der Waals surface area contributed by atoms with Crippen LogP contribution >= 0.6 is 0 Å². The van der Waals surface area contributed by atoms with Gasteiger partial charge in [0, 0.05) is 17.8 Å². The molecule has 2 aromatic rings. The Morgan fingerprint density at radius 3 is 2.95 bits per heavy atom. The van der Waals surface area contributed by atoms with Gasteiger partial charge in [0.05, 0.1) is 12.7 Å². The number of nitrogens with one attached hydrogen (secondary N) is 1. The highest BCUT2D eigenvalue weighted by molar-refractivity contribution is 5.76. The smallest absolute Gasteiger partial charge is 0.221 e. The van der Waals surface area contributed by atoms with Crippen LogP contribution in [0.25, 0.3) is 5.65 Å². The van der Waals surface area contributed by atoms with Gasteiger partial charge in [-0.05, 0) is 25.8 Å². The van der Waals surface area contributed by atoms with Gasteiger partial charge in [0.15, 0.2) is 5.65 Å². The molecule has 0 atom stereocenters. The number of nitrogens with zero attached hydrogens (tertiary/aromatic N) is 4. The van der Waals surface area contributed by atoms with Gasteiger partial charge in [-0.25, -0.2) is 9.50 Å². The molecule has 0 unspecified atom stereocenters. The lowest BCUT2D eigenvalue weighted by atomic mass is 10.1. The van der Waals surface area contributed by atoms with Crippen LogP contribution < -0.4 is 5.32 Å². The lowest BCUT2D eigenvalue weighted by molar-refractivity contribution is -0.120. The van der Waals surface area contributed by atoms with Crippen LogP contribution in [0.1, 0.15) is 28.9 Å². The Morgan fingerprint density at radius 1 is 1.52 bits per heavy atom. The SMILES string of the molecule is C#CCNC(=O)CCc1c(C)nc2c(C#N)cnn2c1C. The molecule has 2 rings (SSSR count). The molecule has 0 saturated heterocycles. The van der Waals surface area contributed by atoms with Gasteiger partial charge in [-0.1, -0.05) is 5.92 Å².